The number of hydrogen-bond donors (Lipinski definition) is 1. The highest BCUT2D eigenvalue weighted by atomic mass is 32.2. The Balaban J connectivity index is 0.00000102. The van der Waals surface area contributed by atoms with Crippen LogP contribution in [-0.2, 0) is 5.75 Å². The predicted octanol–water partition coefficient (Wildman–Crippen LogP) is 6.22. The number of nitrogens with zero attached hydrogens (tertiary/aromatic N) is 2. The molecule has 2 aromatic heterocycles. The second kappa shape index (κ2) is 8.77. The second-order valence-corrected chi connectivity index (χ2v) is 6.55. The van der Waals surface area contributed by atoms with Crippen LogP contribution in [0.3, 0.4) is 0 Å². The van der Waals surface area contributed by atoms with E-state index in [1.165, 1.54) is 17.8 Å². The Morgan fingerprint density at radius 3 is 2.63 bits per heavy atom. The molecule has 1 N–H and O–H groups in total. The monoisotopic (exact) mass is 383 g/mol. The molecule has 0 atom stereocenters. The van der Waals surface area contributed by atoms with Gasteiger partial charge in [0.05, 0.1) is 11.0 Å². The molecule has 0 bridgehead atoms. The molecule has 0 saturated heterocycles. The number of pyridine rings is 1. The summed E-state index contributed by atoms with van der Waals surface area (Å²) in [6.45, 7) is 4.00. The smallest absolute Gasteiger partial charge is 0.157 e. The normalized spacial score (nSPS) is 10.5. The molecule has 0 unspecified atom stereocenters. The second-order valence-electron chi connectivity index (χ2n) is 5.50. The van der Waals surface area contributed by atoms with Gasteiger partial charge in [0.15, 0.2) is 5.82 Å². The highest BCUT2D eigenvalue weighted by Gasteiger charge is 2.08. The third-order valence-electron chi connectivity index (χ3n) is 3.76. The van der Waals surface area contributed by atoms with Gasteiger partial charge < -0.3 is 4.98 Å². The third kappa shape index (κ3) is 4.52. The van der Waals surface area contributed by atoms with Crippen LogP contribution in [0.5, 0.6) is 0 Å². The molecule has 27 heavy (non-hydrogen) atoms. The first kappa shape index (κ1) is 19.0. The molecule has 2 heterocycles. The highest BCUT2D eigenvalue weighted by molar-refractivity contribution is 7.98. The van der Waals surface area contributed by atoms with Gasteiger partial charge in [0.25, 0.3) is 0 Å². The van der Waals surface area contributed by atoms with Gasteiger partial charge in [0.1, 0.15) is 17.3 Å². The molecule has 6 heteroatoms. The summed E-state index contributed by atoms with van der Waals surface area (Å²) in [6, 6.07) is 14.9. The van der Waals surface area contributed by atoms with Gasteiger partial charge in [0.2, 0.25) is 0 Å². The summed E-state index contributed by atoms with van der Waals surface area (Å²) in [6.07, 6.45) is 1.72. The molecule has 3 nitrogen and oxygen atoms in total. The van der Waals surface area contributed by atoms with Gasteiger partial charge in [-0.05, 0) is 48.5 Å². The number of thioether (sulfide) groups is 1. The van der Waals surface area contributed by atoms with Crippen LogP contribution in [0.25, 0.3) is 22.6 Å². The minimum absolute atomic E-state index is 0.351. The number of nitrogens with one attached hydrogen (secondary N) is 1. The van der Waals surface area contributed by atoms with Crippen LogP contribution in [0, 0.1) is 11.6 Å². The maximum atomic E-state index is 13.7. The Kier molecular flexibility index (Phi) is 6.19. The first-order valence-corrected chi connectivity index (χ1v) is 9.65. The Labute approximate surface area is 160 Å². The number of aromatic nitrogens is 3. The van der Waals surface area contributed by atoms with Crippen molar-refractivity contribution < 1.29 is 8.78 Å². The van der Waals surface area contributed by atoms with E-state index in [0.29, 0.717) is 17.1 Å². The maximum Gasteiger partial charge on any atom is 0.157 e. The van der Waals surface area contributed by atoms with E-state index in [1.54, 1.807) is 6.20 Å². The van der Waals surface area contributed by atoms with Gasteiger partial charge in [-0.1, -0.05) is 19.9 Å². The fourth-order valence-electron chi connectivity index (χ4n) is 2.52. The number of rotatable bonds is 4. The van der Waals surface area contributed by atoms with Gasteiger partial charge in [-0.25, -0.2) is 13.8 Å². The number of imidazole rings is 1. The number of benzene rings is 2. The average Bonchev–Trinajstić information content (AvgIpc) is 3.14. The number of H-pyrrole nitrogens is 1. The Bertz CT molecular complexity index is 1030. The summed E-state index contributed by atoms with van der Waals surface area (Å²) < 4.78 is 27.0. The lowest BCUT2D eigenvalue weighted by Crippen LogP contribution is -1.89. The van der Waals surface area contributed by atoms with E-state index in [2.05, 4.69) is 15.0 Å². The molecule has 0 fully saturated rings. The summed E-state index contributed by atoms with van der Waals surface area (Å²) >= 11 is 1.45. The summed E-state index contributed by atoms with van der Waals surface area (Å²) in [5.74, 6) is 0.236. The summed E-state index contributed by atoms with van der Waals surface area (Å²) in [7, 11) is 0. The van der Waals surface area contributed by atoms with Crippen molar-refractivity contribution in [1.29, 1.82) is 0 Å². The van der Waals surface area contributed by atoms with Crippen LogP contribution in [0.1, 0.15) is 19.4 Å². The zero-order valence-electron chi connectivity index (χ0n) is 15.0. The summed E-state index contributed by atoms with van der Waals surface area (Å²) in [4.78, 5) is 13.0. The average molecular weight is 383 g/mol. The van der Waals surface area contributed by atoms with Gasteiger partial charge in [-0.15, -0.1) is 11.8 Å². The zero-order chi connectivity index (χ0) is 19.2. The molecule has 4 rings (SSSR count). The lowest BCUT2D eigenvalue weighted by atomic mass is 10.2. The molecule has 0 aliphatic carbocycles. The van der Waals surface area contributed by atoms with Crippen molar-refractivity contribution in [3.8, 4) is 11.5 Å². The van der Waals surface area contributed by atoms with Crippen LogP contribution >= 0.6 is 11.8 Å². The van der Waals surface area contributed by atoms with E-state index in [-0.39, 0.29) is 0 Å². The molecule has 2 aromatic carbocycles. The van der Waals surface area contributed by atoms with Crippen molar-refractivity contribution in [2.24, 2.45) is 0 Å². The molecule has 0 spiro atoms. The SMILES string of the molecule is CC.Fc1ccc(F)c(CSc2ccc3nc(-c4ccccn4)[nH]c3c2)c1. The van der Waals surface area contributed by atoms with E-state index in [9.17, 15) is 8.78 Å². The van der Waals surface area contributed by atoms with Gasteiger partial charge in [-0.2, -0.15) is 0 Å². The number of hydrogen-bond acceptors (Lipinski definition) is 3. The first-order valence-electron chi connectivity index (χ1n) is 8.67. The predicted molar refractivity (Wildman–Crippen MR) is 107 cm³/mol. The van der Waals surface area contributed by atoms with Crippen LogP contribution in [0.15, 0.2) is 65.7 Å². The first-order chi connectivity index (χ1) is 13.2. The summed E-state index contributed by atoms with van der Waals surface area (Å²) in [5.41, 5.74) is 2.84. The van der Waals surface area contributed by atoms with Crippen molar-refractivity contribution in [1.82, 2.24) is 15.0 Å². The van der Waals surface area contributed by atoms with Crippen LogP contribution in [0.2, 0.25) is 0 Å². The Morgan fingerprint density at radius 2 is 1.85 bits per heavy atom. The largest absolute Gasteiger partial charge is 0.337 e. The summed E-state index contributed by atoms with van der Waals surface area (Å²) in [5, 5.41) is 0. The number of aromatic amines is 1. The molecular formula is C21H19F2N3S. The molecular weight excluding hydrogens is 364 g/mol. The highest BCUT2D eigenvalue weighted by Crippen LogP contribution is 2.28. The van der Waals surface area contributed by atoms with Crippen molar-refractivity contribution >= 4 is 22.8 Å². The van der Waals surface area contributed by atoms with Crippen molar-refractivity contribution in [2.75, 3.05) is 0 Å². The van der Waals surface area contributed by atoms with E-state index in [1.807, 2.05) is 50.2 Å². The fourth-order valence-corrected chi connectivity index (χ4v) is 3.43. The molecule has 0 aliphatic heterocycles. The fraction of sp³-hybridized carbons (Fsp3) is 0.143. The maximum absolute atomic E-state index is 13.7. The molecule has 0 aliphatic rings. The van der Waals surface area contributed by atoms with E-state index in [4.69, 9.17) is 0 Å². The minimum Gasteiger partial charge on any atom is -0.337 e. The Morgan fingerprint density at radius 1 is 1.00 bits per heavy atom. The van der Waals surface area contributed by atoms with Crippen LogP contribution in [0.4, 0.5) is 8.78 Å². The quantitative estimate of drug-likeness (QED) is 0.425. The molecule has 138 valence electrons. The van der Waals surface area contributed by atoms with E-state index in [0.717, 1.165) is 33.8 Å². The molecule has 0 saturated carbocycles. The zero-order valence-corrected chi connectivity index (χ0v) is 15.9. The lowest BCUT2D eigenvalue weighted by molar-refractivity contribution is 0.591. The van der Waals surface area contributed by atoms with E-state index < -0.39 is 11.6 Å². The minimum atomic E-state index is -0.430. The lowest BCUT2D eigenvalue weighted by Gasteiger charge is -2.04. The van der Waals surface area contributed by atoms with E-state index >= 15 is 0 Å². The topological polar surface area (TPSA) is 41.6 Å². The van der Waals surface area contributed by atoms with Crippen molar-refractivity contribution in [2.45, 2.75) is 24.5 Å². The Hall–Kier alpha value is -2.73. The van der Waals surface area contributed by atoms with Gasteiger partial charge in [0, 0.05) is 22.4 Å². The van der Waals surface area contributed by atoms with Crippen molar-refractivity contribution in [3.63, 3.8) is 0 Å². The standard InChI is InChI=1S/C19H13F2N3S.C2H6/c20-13-4-6-15(21)12(9-13)11-25-14-5-7-16-18(10-14)24-19(23-16)17-3-1-2-8-22-17;1-2/h1-10H,11H2,(H,23,24);1-2H3. The molecule has 0 amide bonds. The van der Waals surface area contributed by atoms with Gasteiger partial charge >= 0.3 is 0 Å². The van der Waals surface area contributed by atoms with Crippen LogP contribution in [-0.4, -0.2) is 15.0 Å². The van der Waals surface area contributed by atoms with Crippen LogP contribution < -0.4 is 0 Å². The third-order valence-corrected chi connectivity index (χ3v) is 4.81. The number of fused-ring (bicyclic) bond motifs is 1. The van der Waals surface area contributed by atoms with Gasteiger partial charge in [-0.3, -0.25) is 4.98 Å². The van der Waals surface area contributed by atoms with Crippen molar-refractivity contribution in [3.05, 3.63) is 78.0 Å². The number of halogens is 2. The molecule has 4 aromatic rings. The molecule has 0 radical (unpaired) electrons.